The minimum Gasteiger partial charge on any atom is -0.495 e. The molecule has 7 nitrogen and oxygen atoms in total. The molecule has 36 heavy (non-hydrogen) atoms. The summed E-state index contributed by atoms with van der Waals surface area (Å²) < 4.78 is 6.23. The van der Waals surface area contributed by atoms with Gasteiger partial charge >= 0.3 is 0 Å². The van der Waals surface area contributed by atoms with Crippen molar-refractivity contribution in [3.05, 3.63) is 88.4 Å². The third-order valence-electron chi connectivity index (χ3n) is 5.83. The molecule has 5 rings (SSSR count). The van der Waals surface area contributed by atoms with Crippen molar-refractivity contribution in [2.75, 3.05) is 12.4 Å². The van der Waals surface area contributed by atoms with Crippen molar-refractivity contribution in [1.82, 2.24) is 20.3 Å². The topological polar surface area (TPSA) is 81.1 Å². The Morgan fingerprint density at radius 2 is 1.78 bits per heavy atom. The van der Waals surface area contributed by atoms with E-state index in [0.717, 1.165) is 28.4 Å². The lowest BCUT2D eigenvalue weighted by Gasteiger charge is -2.14. The molecule has 0 saturated carbocycles. The number of amides is 1. The molecule has 0 aliphatic carbocycles. The Labute approximate surface area is 221 Å². The van der Waals surface area contributed by atoms with Gasteiger partial charge in [0.25, 0.3) is 5.91 Å². The number of aromatic nitrogens is 3. The minimum atomic E-state index is -0.377. The van der Waals surface area contributed by atoms with Crippen LogP contribution in [0.1, 0.15) is 22.8 Å². The van der Waals surface area contributed by atoms with E-state index >= 15 is 0 Å². The molecule has 0 unspecified atom stereocenters. The smallest absolute Gasteiger partial charge is 0.261 e. The SMILES string of the molecule is CCc1ccc(-n2nc3ccc(NC(=S)NC(=O)c4cc5ccccc5c(Br)c4OC)cc3n2)cc1. The summed E-state index contributed by atoms with van der Waals surface area (Å²) in [5.74, 6) is 0.0670. The molecule has 5 aromatic rings. The van der Waals surface area contributed by atoms with Crippen molar-refractivity contribution in [3.63, 3.8) is 0 Å². The van der Waals surface area contributed by atoms with Gasteiger partial charge in [0, 0.05) is 5.69 Å². The first-order valence-corrected chi connectivity index (χ1v) is 12.5. The number of anilines is 1. The van der Waals surface area contributed by atoms with Crippen molar-refractivity contribution in [1.29, 1.82) is 0 Å². The number of benzene rings is 4. The average molecular weight is 560 g/mol. The Morgan fingerprint density at radius 1 is 1.03 bits per heavy atom. The molecule has 9 heteroatoms. The highest BCUT2D eigenvalue weighted by Crippen LogP contribution is 2.36. The highest BCUT2D eigenvalue weighted by atomic mass is 79.9. The highest BCUT2D eigenvalue weighted by molar-refractivity contribution is 9.10. The van der Waals surface area contributed by atoms with Crippen molar-refractivity contribution >= 4 is 66.7 Å². The van der Waals surface area contributed by atoms with Gasteiger partial charge in [0.15, 0.2) is 5.11 Å². The number of fused-ring (bicyclic) bond motifs is 2. The summed E-state index contributed by atoms with van der Waals surface area (Å²) in [5.41, 5.74) is 4.66. The van der Waals surface area contributed by atoms with Crippen molar-refractivity contribution in [2.45, 2.75) is 13.3 Å². The summed E-state index contributed by atoms with van der Waals surface area (Å²) in [6, 6.07) is 23.2. The molecular weight excluding hydrogens is 538 g/mol. The first kappa shape index (κ1) is 23.9. The maximum absolute atomic E-state index is 13.1. The standard InChI is InChI=1S/C27H22BrN5O2S/c1-3-16-8-11-19(12-9-16)33-31-22-13-10-18(15-23(22)32-33)29-27(36)30-26(34)21-14-17-6-4-5-7-20(17)24(28)25(21)35-2/h4-15H,3H2,1-2H3,(H2,29,30,34,36). The summed E-state index contributed by atoms with van der Waals surface area (Å²) in [7, 11) is 1.53. The molecule has 0 aliphatic heterocycles. The van der Waals surface area contributed by atoms with E-state index in [4.69, 9.17) is 17.0 Å². The fourth-order valence-electron chi connectivity index (χ4n) is 3.96. The Balaban J connectivity index is 1.34. The van der Waals surface area contributed by atoms with Gasteiger partial charge in [0.2, 0.25) is 0 Å². The van der Waals surface area contributed by atoms with Crippen LogP contribution in [0.2, 0.25) is 0 Å². The van der Waals surface area contributed by atoms with E-state index < -0.39 is 0 Å². The molecule has 1 aromatic heterocycles. The van der Waals surface area contributed by atoms with Crippen LogP contribution in [0, 0.1) is 0 Å². The molecule has 180 valence electrons. The molecular formula is C27H22BrN5O2S. The number of nitrogens with zero attached hydrogens (tertiary/aromatic N) is 3. The number of rotatable bonds is 5. The number of methoxy groups -OCH3 is 1. The number of hydrogen-bond acceptors (Lipinski definition) is 5. The molecule has 0 radical (unpaired) electrons. The number of aryl methyl sites for hydroxylation is 1. The highest BCUT2D eigenvalue weighted by Gasteiger charge is 2.19. The van der Waals surface area contributed by atoms with Crippen molar-refractivity contribution in [2.24, 2.45) is 0 Å². The van der Waals surface area contributed by atoms with Gasteiger partial charge in [0.05, 0.1) is 22.8 Å². The lowest BCUT2D eigenvalue weighted by atomic mass is 10.1. The zero-order valence-corrected chi connectivity index (χ0v) is 22.0. The molecule has 1 heterocycles. The zero-order chi connectivity index (χ0) is 25.2. The lowest BCUT2D eigenvalue weighted by Crippen LogP contribution is -2.34. The summed E-state index contributed by atoms with van der Waals surface area (Å²) in [4.78, 5) is 14.7. The van der Waals surface area contributed by atoms with Crippen LogP contribution in [0.3, 0.4) is 0 Å². The second-order valence-corrected chi connectivity index (χ2v) is 9.31. The first-order chi connectivity index (χ1) is 17.5. The third-order valence-corrected chi connectivity index (χ3v) is 6.82. The molecule has 2 N–H and O–H groups in total. The van der Waals surface area contributed by atoms with E-state index in [1.54, 1.807) is 10.9 Å². The summed E-state index contributed by atoms with van der Waals surface area (Å²) >= 11 is 8.97. The Bertz CT molecular complexity index is 1610. The number of thiocarbonyl (C=S) groups is 1. The number of hydrogen-bond donors (Lipinski definition) is 2. The van der Waals surface area contributed by atoms with Gasteiger partial charge in [-0.3, -0.25) is 10.1 Å². The van der Waals surface area contributed by atoms with Gasteiger partial charge in [-0.2, -0.15) is 4.80 Å². The third kappa shape index (κ3) is 4.67. The quantitative estimate of drug-likeness (QED) is 0.256. The second-order valence-electron chi connectivity index (χ2n) is 8.11. The van der Waals surface area contributed by atoms with Crippen molar-refractivity contribution < 1.29 is 9.53 Å². The van der Waals surface area contributed by atoms with Crippen LogP contribution in [0.15, 0.2) is 77.3 Å². The summed E-state index contributed by atoms with van der Waals surface area (Å²) in [5, 5.41) is 17.0. The van der Waals surface area contributed by atoms with Gasteiger partial charge < -0.3 is 10.1 Å². The van der Waals surface area contributed by atoms with E-state index in [-0.39, 0.29) is 11.0 Å². The predicted octanol–water partition coefficient (Wildman–Crippen LogP) is 6.03. The molecule has 0 aliphatic rings. The fraction of sp³-hybridized carbons (Fsp3) is 0.111. The minimum absolute atomic E-state index is 0.160. The number of halogens is 1. The van der Waals surface area contributed by atoms with Gasteiger partial charge in [-0.25, -0.2) is 0 Å². The first-order valence-electron chi connectivity index (χ1n) is 11.3. The van der Waals surface area contributed by atoms with Crippen LogP contribution >= 0.6 is 28.1 Å². The van der Waals surface area contributed by atoms with Crippen LogP contribution in [0.25, 0.3) is 27.5 Å². The second kappa shape index (κ2) is 10.0. The van der Waals surface area contributed by atoms with Crippen LogP contribution in [-0.4, -0.2) is 33.1 Å². The fourth-order valence-corrected chi connectivity index (χ4v) is 4.91. The van der Waals surface area contributed by atoms with E-state index in [9.17, 15) is 4.79 Å². The summed E-state index contributed by atoms with van der Waals surface area (Å²) in [6.45, 7) is 2.12. The molecule has 0 fully saturated rings. The van der Waals surface area contributed by atoms with Gasteiger partial charge in [0.1, 0.15) is 16.8 Å². The molecule has 1 amide bonds. The van der Waals surface area contributed by atoms with Gasteiger partial charge in [-0.15, -0.1) is 10.2 Å². The molecule has 0 spiro atoms. The lowest BCUT2D eigenvalue weighted by molar-refractivity contribution is 0.0975. The Kier molecular flexibility index (Phi) is 6.67. The Hall–Kier alpha value is -3.82. The molecule has 4 aromatic carbocycles. The monoisotopic (exact) mass is 559 g/mol. The Morgan fingerprint density at radius 3 is 2.53 bits per heavy atom. The van der Waals surface area contributed by atoms with Crippen LogP contribution in [0.5, 0.6) is 5.75 Å². The van der Waals surface area contributed by atoms with E-state index in [0.29, 0.717) is 27.0 Å². The number of carbonyl (C=O) groups excluding carboxylic acids is 1. The molecule has 0 bridgehead atoms. The van der Waals surface area contributed by atoms with Gasteiger partial charge in [-0.05, 0) is 87.3 Å². The summed E-state index contributed by atoms with van der Waals surface area (Å²) in [6.07, 6.45) is 0.977. The van der Waals surface area contributed by atoms with E-state index in [1.807, 2.05) is 54.6 Å². The van der Waals surface area contributed by atoms with Crippen LogP contribution in [0.4, 0.5) is 5.69 Å². The predicted molar refractivity (Wildman–Crippen MR) is 150 cm³/mol. The maximum atomic E-state index is 13.1. The average Bonchev–Trinajstić information content (AvgIpc) is 3.32. The number of carbonyl (C=O) groups is 1. The van der Waals surface area contributed by atoms with Gasteiger partial charge in [-0.1, -0.05) is 43.3 Å². The number of ether oxygens (including phenoxy) is 1. The largest absolute Gasteiger partial charge is 0.495 e. The van der Waals surface area contributed by atoms with E-state index in [1.165, 1.54) is 12.7 Å². The van der Waals surface area contributed by atoms with Crippen LogP contribution < -0.4 is 15.4 Å². The molecule has 0 atom stereocenters. The van der Waals surface area contributed by atoms with Crippen molar-refractivity contribution in [3.8, 4) is 11.4 Å². The number of nitrogens with one attached hydrogen (secondary N) is 2. The van der Waals surface area contributed by atoms with E-state index in [2.05, 4.69) is 55.8 Å². The normalized spacial score (nSPS) is 11.0. The zero-order valence-electron chi connectivity index (χ0n) is 19.6. The van der Waals surface area contributed by atoms with Crippen LogP contribution in [-0.2, 0) is 6.42 Å². The molecule has 0 saturated heterocycles. The maximum Gasteiger partial charge on any atom is 0.261 e.